The number of nitrogens with zero attached hydrogens (tertiary/aromatic N) is 2. The Morgan fingerprint density at radius 2 is 2.05 bits per heavy atom. The van der Waals surface area contributed by atoms with Gasteiger partial charge in [0.05, 0.1) is 11.2 Å². The third-order valence-corrected chi connectivity index (χ3v) is 2.90. The van der Waals surface area contributed by atoms with Crippen molar-refractivity contribution in [3.63, 3.8) is 0 Å². The van der Waals surface area contributed by atoms with Crippen LogP contribution in [0.25, 0.3) is 0 Å². The summed E-state index contributed by atoms with van der Waals surface area (Å²) in [6.45, 7) is 4.62. The number of aryl methyl sites for hydroxylation is 1. The first kappa shape index (κ1) is 13.9. The molecule has 1 aromatic carbocycles. The Morgan fingerprint density at radius 3 is 2.74 bits per heavy atom. The average molecular weight is 298 g/mol. The minimum atomic E-state index is 0.276. The quantitative estimate of drug-likeness (QED) is 0.913. The Morgan fingerprint density at radius 1 is 1.26 bits per heavy atom. The lowest BCUT2D eigenvalue weighted by atomic mass is 10.2. The van der Waals surface area contributed by atoms with Crippen molar-refractivity contribution in [2.75, 3.05) is 11.9 Å². The van der Waals surface area contributed by atoms with Gasteiger partial charge in [0.15, 0.2) is 0 Å². The molecule has 0 radical (unpaired) electrons. The molecule has 0 aliphatic carbocycles. The van der Waals surface area contributed by atoms with E-state index in [-0.39, 0.29) is 5.88 Å². The third kappa shape index (κ3) is 3.49. The summed E-state index contributed by atoms with van der Waals surface area (Å²) in [7, 11) is 0. The van der Waals surface area contributed by atoms with Gasteiger partial charge >= 0.3 is 0 Å². The molecule has 0 fully saturated rings. The van der Waals surface area contributed by atoms with E-state index in [4.69, 9.17) is 27.9 Å². The molecule has 2 aromatic rings. The topological polar surface area (TPSA) is 47.0 Å². The zero-order valence-electron chi connectivity index (χ0n) is 10.6. The van der Waals surface area contributed by atoms with Gasteiger partial charge in [-0.15, -0.1) is 0 Å². The monoisotopic (exact) mass is 297 g/mol. The molecule has 0 saturated carbocycles. The first-order chi connectivity index (χ1) is 9.10. The van der Waals surface area contributed by atoms with Crippen molar-refractivity contribution in [3.05, 3.63) is 40.0 Å². The van der Waals surface area contributed by atoms with Crippen LogP contribution < -0.4 is 10.1 Å². The van der Waals surface area contributed by atoms with E-state index in [0.717, 1.165) is 5.56 Å². The van der Waals surface area contributed by atoms with Crippen molar-refractivity contribution in [1.82, 2.24) is 9.97 Å². The first-order valence-electron chi connectivity index (χ1n) is 5.80. The van der Waals surface area contributed by atoms with E-state index >= 15 is 0 Å². The number of aromatic nitrogens is 2. The van der Waals surface area contributed by atoms with E-state index in [2.05, 4.69) is 15.3 Å². The van der Waals surface area contributed by atoms with Gasteiger partial charge in [-0.2, -0.15) is 4.98 Å². The van der Waals surface area contributed by atoms with Gasteiger partial charge in [-0.3, -0.25) is 0 Å². The second-order valence-corrected chi connectivity index (χ2v) is 4.73. The summed E-state index contributed by atoms with van der Waals surface area (Å²) in [6.07, 6.45) is 1.49. The zero-order chi connectivity index (χ0) is 13.8. The van der Waals surface area contributed by atoms with E-state index < -0.39 is 0 Å². The minimum absolute atomic E-state index is 0.276. The molecule has 0 spiro atoms. The van der Waals surface area contributed by atoms with Crippen LogP contribution in [-0.4, -0.2) is 16.5 Å². The lowest BCUT2D eigenvalue weighted by molar-refractivity contribution is 0.462. The van der Waals surface area contributed by atoms with Crippen LogP contribution in [0.1, 0.15) is 12.5 Å². The SMILES string of the molecule is CCNc1ncc(Cl)c(Oc2ccc(C)cc2Cl)n1. The Kier molecular flexibility index (Phi) is 4.45. The molecule has 0 amide bonds. The molecule has 0 aliphatic heterocycles. The fraction of sp³-hybridized carbons (Fsp3) is 0.231. The van der Waals surface area contributed by atoms with Crippen molar-refractivity contribution in [3.8, 4) is 11.6 Å². The molecule has 0 atom stereocenters. The van der Waals surface area contributed by atoms with Gasteiger partial charge in [0.25, 0.3) is 0 Å². The summed E-state index contributed by atoms with van der Waals surface area (Å²) in [6, 6.07) is 5.50. The molecule has 100 valence electrons. The molecular formula is C13H13Cl2N3O. The lowest BCUT2D eigenvalue weighted by Gasteiger charge is -2.10. The Labute approximate surface area is 121 Å². The van der Waals surface area contributed by atoms with Gasteiger partial charge < -0.3 is 10.1 Å². The fourth-order valence-electron chi connectivity index (χ4n) is 1.46. The van der Waals surface area contributed by atoms with Crippen molar-refractivity contribution < 1.29 is 4.74 Å². The molecule has 1 heterocycles. The average Bonchev–Trinajstić information content (AvgIpc) is 2.37. The summed E-state index contributed by atoms with van der Waals surface area (Å²) in [4.78, 5) is 8.23. The molecule has 2 rings (SSSR count). The Balaban J connectivity index is 2.29. The molecule has 0 bridgehead atoms. The Hall–Kier alpha value is -1.52. The van der Waals surface area contributed by atoms with E-state index in [1.165, 1.54) is 6.20 Å². The van der Waals surface area contributed by atoms with Crippen LogP contribution in [0.5, 0.6) is 11.6 Å². The van der Waals surface area contributed by atoms with E-state index in [1.807, 2.05) is 26.0 Å². The summed E-state index contributed by atoms with van der Waals surface area (Å²) in [5.41, 5.74) is 1.06. The van der Waals surface area contributed by atoms with Crippen LogP contribution in [0.4, 0.5) is 5.95 Å². The Bertz CT molecular complexity index is 590. The van der Waals surface area contributed by atoms with E-state index in [0.29, 0.717) is 28.3 Å². The maximum absolute atomic E-state index is 6.11. The van der Waals surface area contributed by atoms with Crippen LogP contribution >= 0.6 is 23.2 Å². The smallest absolute Gasteiger partial charge is 0.243 e. The third-order valence-electron chi connectivity index (χ3n) is 2.34. The van der Waals surface area contributed by atoms with Crippen molar-refractivity contribution in [2.45, 2.75) is 13.8 Å². The molecule has 6 heteroatoms. The van der Waals surface area contributed by atoms with Crippen LogP contribution in [0.15, 0.2) is 24.4 Å². The molecule has 1 aromatic heterocycles. The van der Waals surface area contributed by atoms with Gasteiger partial charge in [0, 0.05) is 6.54 Å². The summed E-state index contributed by atoms with van der Waals surface area (Å²) in [5, 5.41) is 3.84. The summed E-state index contributed by atoms with van der Waals surface area (Å²) in [5.74, 6) is 1.25. The van der Waals surface area contributed by atoms with E-state index in [9.17, 15) is 0 Å². The fourth-order valence-corrected chi connectivity index (χ4v) is 1.86. The summed E-state index contributed by atoms with van der Waals surface area (Å²) >= 11 is 12.1. The highest BCUT2D eigenvalue weighted by Gasteiger charge is 2.10. The second-order valence-electron chi connectivity index (χ2n) is 3.91. The van der Waals surface area contributed by atoms with Gasteiger partial charge in [0.2, 0.25) is 11.8 Å². The number of benzene rings is 1. The van der Waals surface area contributed by atoms with E-state index in [1.54, 1.807) is 6.07 Å². The van der Waals surface area contributed by atoms with Crippen LogP contribution in [0.3, 0.4) is 0 Å². The first-order valence-corrected chi connectivity index (χ1v) is 6.56. The maximum Gasteiger partial charge on any atom is 0.243 e. The number of hydrogen-bond acceptors (Lipinski definition) is 4. The molecule has 4 nitrogen and oxygen atoms in total. The number of halogens is 2. The van der Waals surface area contributed by atoms with Crippen LogP contribution in [0.2, 0.25) is 10.0 Å². The normalized spacial score (nSPS) is 10.3. The predicted molar refractivity (Wildman–Crippen MR) is 77.5 cm³/mol. The number of anilines is 1. The standard InChI is InChI=1S/C13H13Cl2N3O/c1-3-16-13-17-7-10(15)12(18-13)19-11-5-4-8(2)6-9(11)14/h4-7H,3H2,1-2H3,(H,16,17,18). The molecule has 0 unspecified atom stereocenters. The van der Waals surface area contributed by atoms with Gasteiger partial charge in [-0.1, -0.05) is 29.3 Å². The highest BCUT2D eigenvalue weighted by molar-refractivity contribution is 6.32. The molecular weight excluding hydrogens is 285 g/mol. The highest BCUT2D eigenvalue weighted by Crippen LogP contribution is 2.32. The molecule has 0 aliphatic rings. The number of ether oxygens (including phenoxy) is 1. The summed E-state index contributed by atoms with van der Waals surface area (Å²) < 4.78 is 5.63. The molecule has 19 heavy (non-hydrogen) atoms. The number of rotatable bonds is 4. The van der Waals surface area contributed by atoms with Crippen LogP contribution in [-0.2, 0) is 0 Å². The van der Waals surface area contributed by atoms with Gasteiger partial charge in [-0.05, 0) is 31.5 Å². The van der Waals surface area contributed by atoms with Gasteiger partial charge in [-0.25, -0.2) is 4.98 Å². The van der Waals surface area contributed by atoms with Crippen molar-refractivity contribution >= 4 is 29.2 Å². The number of nitrogens with one attached hydrogen (secondary N) is 1. The lowest BCUT2D eigenvalue weighted by Crippen LogP contribution is -2.03. The minimum Gasteiger partial charge on any atom is -0.436 e. The largest absolute Gasteiger partial charge is 0.436 e. The van der Waals surface area contributed by atoms with Crippen LogP contribution in [0, 0.1) is 6.92 Å². The number of hydrogen-bond donors (Lipinski definition) is 1. The zero-order valence-corrected chi connectivity index (χ0v) is 12.1. The molecule has 1 N–H and O–H groups in total. The maximum atomic E-state index is 6.11. The van der Waals surface area contributed by atoms with Crippen molar-refractivity contribution in [2.24, 2.45) is 0 Å². The van der Waals surface area contributed by atoms with Crippen molar-refractivity contribution in [1.29, 1.82) is 0 Å². The predicted octanol–water partition coefficient (Wildman–Crippen LogP) is 4.32. The second kappa shape index (κ2) is 6.08. The van der Waals surface area contributed by atoms with Gasteiger partial charge in [0.1, 0.15) is 10.8 Å². The molecule has 0 saturated heterocycles. The highest BCUT2D eigenvalue weighted by atomic mass is 35.5.